The maximum absolute atomic E-state index is 11.1. The quantitative estimate of drug-likeness (QED) is 0.457. The third kappa shape index (κ3) is 4.91. The number of ether oxygens (including phenoxy) is 1. The highest BCUT2D eigenvalue weighted by Gasteiger charge is 2.02. The number of allylic oxidation sites excluding steroid dienone is 1. The Bertz CT molecular complexity index is 155. The van der Waals surface area contributed by atoms with Crippen LogP contribution in [-0.4, -0.2) is 37.6 Å². The maximum atomic E-state index is 11.1. The fourth-order valence-corrected chi connectivity index (χ4v) is 0.726. The van der Waals surface area contributed by atoms with Crippen molar-refractivity contribution in [3.8, 4) is 0 Å². The molecule has 0 N–H and O–H groups in total. The first-order valence-corrected chi connectivity index (χ1v) is 4.17. The predicted octanol–water partition coefficient (Wildman–Crippen LogP) is 1.06. The largest absolute Gasteiger partial charge is 0.380 e. The van der Waals surface area contributed by atoms with E-state index >= 15 is 0 Å². The Balaban J connectivity index is 3.56. The van der Waals surface area contributed by atoms with E-state index in [0.717, 1.165) is 0 Å². The second kappa shape index (κ2) is 6.85. The summed E-state index contributed by atoms with van der Waals surface area (Å²) < 4.78 is 5.11. The summed E-state index contributed by atoms with van der Waals surface area (Å²) in [6, 6.07) is 0. The molecule has 0 aromatic rings. The van der Waals surface area contributed by atoms with Crippen LogP contribution >= 0.6 is 0 Å². The van der Waals surface area contributed by atoms with Gasteiger partial charge in [0.1, 0.15) is 0 Å². The average molecular weight is 171 g/mol. The molecule has 0 atom stereocenters. The number of hydrogen-bond acceptors (Lipinski definition) is 2. The Morgan fingerprint density at radius 2 is 2.25 bits per heavy atom. The molecule has 0 radical (unpaired) electrons. The van der Waals surface area contributed by atoms with Gasteiger partial charge in [0.2, 0.25) is 5.91 Å². The van der Waals surface area contributed by atoms with Gasteiger partial charge >= 0.3 is 0 Å². The monoisotopic (exact) mass is 171 g/mol. The standard InChI is InChI=1S/C9H17NO2/c1-4-6-9(11)10(3)7-8-12-5-2/h4,6H,5,7-8H2,1-3H3/b6-4+. The van der Waals surface area contributed by atoms with Gasteiger partial charge in [-0.15, -0.1) is 0 Å². The van der Waals surface area contributed by atoms with Crippen LogP contribution in [0.1, 0.15) is 13.8 Å². The number of rotatable bonds is 5. The summed E-state index contributed by atoms with van der Waals surface area (Å²) in [5.41, 5.74) is 0. The number of amides is 1. The Morgan fingerprint density at radius 1 is 1.58 bits per heavy atom. The molecule has 0 aromatic carbocycles. The zero-order chi connectivity index (χ0) is 9.40. The van der Waals surface area contributed by atoms with Crippen molar-refractivity contribution < 1.29 is 9.53 Å². The van der Waals surface area contributed by atoms with Gasteiger partial charge < -0.3 is 9.64 Å². The van der Waals surface area contributed by atoms with Crippen LogP contribution in [0.15, 0.2) is 12.2 Å². The van der Waals surface area contributed by atoms with E-state index in [1.165, 1.54) is 0 Å². The normalized spacial score (nSPS) is 10.6. The first-order chi connectivity index (χ1) is 5.72. The lowest BCUT2D eigenvalue weighted by molar-refractivity contribution is -0.125. The summed E-state index contributed by atoms with van der Waals surface area (Å²) in [7, 11) is 1.77. The van der Waals surface area contributed by atoms with Crippen LogP contribution in [0.4, 0.5) is 0 Å². The SMILES string of the molecule is C/C=C/C(=O)N(C)CCOCC. The first-order valence-electron chi connectivity index (χ1n) is 4.17. The Hall–Kier alpha value is -0.830. The van der Waals surface area contributed by atoms with Crippen molar-refractivity contribution in [3.05, 3.63) is 12.2 Å². The van der Waals surface area contributed by atoms with Crippen LogP contribution < -0.4 is 0 Å². The minimum absolute atomic E-state index is 0.0252. The summed E-state index contributed by atoms with van der Waals surface area (Å²) in [6.07, 6.45) is 3.28. The molecular formula is C9H17NO2. The zero-order valence-electron chi connectivity index (χ0n) is 8.04. The fourth-order valence-electron chi connectivity index (χ4n) is 0.726. The first kappa shape index (κ1) is 11.2. The van der Waals surface area contributed by atoms with E-state index in [9.17, 15) is 4.79 Å². The topological polar surface area (TPSA) is 29.5 Å². The van der Waals surface area contributed by atoms with Crippen LogP contribution in [0.2, 0.25) is 0 Å². The molecule has 0 bridgehead atoms. The molecule has 70 valence electrons. The Morgan fingerprint density at radius 3 is 2.75 bits per heavy atom. The van der Waals surface area contributed by atoms with Gasteiger partial charge in [0.05, 0.1) is 6.61 Å². The van der Waals surface area contributed by atoms with E-state index in [4.69, 9.17) is 4.74 Å². The summed E-state index contributed by atoms with van der Waals surface area (Å²) in [6.45, 7) is 5.72. The number of nitrogens with zero attached hydrogens (tertiary/aromatic N) is 1. The number of likely N-dealkylation sites (N-methyl/N-ethyl adjacent to an activating group) is 1. The minimum Gasteiger partial charge on any atom is -0.380 e. The summed E-state index contributed by atoms with van der Waals surface area (Å²) in [5.74, 6) is 0.0252. The molecule has 0 aliphatic heterocycles. The van der Waals surface area contributed by atoms with Crippen LogP contribution in [0, 0.1) is 0 Å². The lowest BCUT2D eigenvalue weighted by Gasteiger charge is -2.14. The molecule has 0 aliphatic rings. The smallest absolute Gasteiger partial charge is 0.246 e. The second-order valence-electron chi connectivity index (χ2n) is 2.46. The fraction of sp³-hybridized carbons (Fsp3) is 0.667. The summed E-state index contributed by atoms with van der Waals surface area (Å²) >= 11 is 0. The predicted molar refractivity (Wildman–Crippen MR) is 48.9 cm³/mol. The molecule has 3 heteroatoms. The third-order valence-electron chi connectivity index (χ3n) is 1.46. The van der Waals surface area contributed by atoms with E-state index in [0.29, 0.717) is 19.8 Å². The Kier molecular flexibility index (Phi) is 6.38. The van der Waals surface area contributed by atoms with Gasteiger partial charge in [-0.1, -0.05) is 6.08 Å². The molecule has 0 aliphatic carbocycles. The van der Waals surface area contributed by atoms with Crippen molar-refractivity contribution >= 4 is 5.91 Å². The number of carbonyl (C=O) groups excluding carboxylic acids is 1. The van der Waals surface area contributed by atoms with Gasteiger partial charge in [0.25, 0.3) is 0 Å². The molecule has 1 amide bonds. The van der Waals surface area contributed by atoms with E-state index in [-0.39, 0.29) is 5.91 Å². The zero-order valence-corrected chi connectivity index (χ0v) is 8.04. The highest BCUT2D eigenvalue weighted by molar-refractivity contribution is 5.87. The van der Waals surface area contributed by atoms with Crippen molar-refractivity contribution in [1.82, 2.24) is 4.90 Å². The highest BCUT2D eigenvalue weighted by atomic mass is 16.5. The molecule has 0 saturated heterocycles. The second-order valence-corrected chi connectivity index (χ2v) is 2.46. The van der Waals surface area contributed by atoms with E-state index in [1.807, 2.05) is 13.8 Å². The average Bonchev–Trinajstić information content (AvgIpc) is 2.05. The van der Waals surface area contributed by atoms with Crippen LogP contribution in [-0.2, 0) is 9.53 Å². The van der Waals surface area contributed by atoms with Crippen LogP contribution in [0.5, 0.6) is 0 Å². The summed E-state index contributed by atoms with van der Waals surface area (Å²) in [4.78, 5) is 12.8. The molecular weight excluding hydrogens is 154 g/mol. The molecule has 0 saturated carbocycles. The van der Waals surface area contributed by atoms with Gasteiger partial charge in [0, 0.05) is 20.2 Å². The number of hydrogen-bond donors (Lipinski definition) is 0. The van der Waals surface area contributed by atoms with E-state index in [2.05, 4.69) is 0 Å². The van der Waals surface area contributed by atoms with Crippen LogP contribution in [0.25, 0.3) is 0 Å². The van der Waals surface area contributed by atoms with Crippen molar-refractivity contribution in [3.63, 3.8) is 0 Å². The van der Waals surface area contributed by atoms with Gasteiger partial charge in [0.15, 0.2) is 0 Å². The molecule has 0 spiro atoms. The molecule has 12 heavy (non-hydrogen) atoms. The molecule has 3 nitrogen and oxygen atoms in total. The van der Waals surface area contributed by atoms with Crippen molar-refractivity contribution in [1.29, 1.82) is 0 Å². The Labute approximate surface area is 74.0 Å². The van der Waals surface area contributed by atoms with Crippen molar-refractivity contribution in [2.45, 2.75) is 13.8 Å². The van der Waals surface area contributed by atoms with Gasteiger partial charge in [-0.05, 0) is 19.9 Å². The lowest BCUT2D eigenvalue weighted by Crippen LogP contribution is -2.28. The van der Waals surface area contributed by atoms with Crippen molar-refractivity contribution in [2.75, 3.05) is 26.8 Å². The van der Waals surface area contributed by atoms with Gasteiger partial charge in [-0.25, -0.2) is 0 Å². The van der Waals surface area contributed by atoms with E-state index in [1.54, 1.807) is 24.1 Å². The molecule has 0 heterocycles. The third-order valence-corrected chi connectivity index (χ3v) is 1.46. The summed E-state index contributed by atoms with van der Waals surface area (Å²) in [5, 5.41) is 0. The lowest BCUT2D eigenvalue weighted by atomic mass is 10.4. The van der Waals surface area contributed by atoms with Gasteiger partial charge in [-0.2, -0.15) is 0 Å². The number of carbonyl (C=O) groups is 1. The highest BCUT2D eigenvalue weighted by Crippen LogP contribution is 1.87. The molecule has 0 fully saturated rings. The minimum atomic E-state index is 0.0252. The molecule has 0 aromatic heterocycles. The van der Waals surface area contributed by atoms with Crippen molar-refractivity contribution in [2.24, 2.45) is 0 Å². The molecule has 0 unspecified atom stereocenters. The molecule has 0 rings (SSSR count). The van der Waals surface area contributed by atoms with Gasteiger partial charge in [-0.3, -0.25) is 4.79 Å². The maximum Gasteiger partial charge on any atom is 0.246 e. The van der Waals surface area contributed by atoms with Crippen LogP contribution in [0.3, 0.4) is 0 Å². The van der Waals surface area contributed by atoms with E-state index < -0.39 is 0 Å².